The van der Waals surface area contributed by atoms with Crippen LogP contribution in [0.25, 0.3) is 11.1 Å². The van der Waals surface area contributed by atoms with Crippen molar-refractivity contribution in [2.24, 2.45) is 5.73 Å². The molecular weight excluding hydrogens is 316 g/mol. The maximum atomic E-state index is 11.8. The van der Waals surface area contributed by atoms with Gasteiger partial charge in [-0.25, -0.2) is 0 Å². The van der Waals surface area contributed by atoms with Gasteiger partial charge in [-0.15, -0.1) is 0 Å². The topological polar surface area (TPSA) is 83.6 Å². The van der Waals surface area contributed by atoms with E-state index in [2.05, 4.69) is 0 Å². The third-order valence-corrected chi connectivity index (χ3v) is 4.08. The molecule has 1 unspecified atom stereocenters. The van der Waals surface area contributed by atoms with E-state index in [0.717, 1.165) is 22.3 Å². The second-order valence-corrected chi connectivity index (χ2v) is 6.33. The average molecular weight is 340 g/mol. The zero-order chi connectivity index (χ0) is 18.4. The molecule has 0 bridgehead atoms. The number of likely N-dealkylation sites (N-methyl/N-ethyl adjacent to an activating group) is 1. The molecule has 25 heavy (non-hydrogen) atoms. The van der Waals surface area contributed by atoms with Gasteiger partial charge >= 0.3 is 5.97 Å². The normalized spacial score (nSPS) is 11.8. The summed E-state index contributed by atoms with van der Waals surface area (Å²) < 4.78 is 0. The number of aliphatic carboxylic acids is 1. The minimum Gasteiger partial charge on any atom is -0.481 e. The number of carbonyl (C=O) groups is 2. The van der Waals surface area contributed by atoms with E-state index in [1.165, 1.54) is 4.90 Å². The molecule has 1 atom stereocenters. The summed E-state index contributed by atoms with van der Waals surface area (Å²) in [5, 5.41) is 8.73. The largest absolute Gasteiger partial charge is 0.481 e. The summed E-state index contributed by atoms with van der Waals surface area (Å²) >= 11 is 0. The molecule has 0 aliphatic carbocycles. The summed E-state index contributed by atoms with van der Waals surface area (Å²) in [6.45, 7) is 0. The summed E-state index contributed by atoms with van der Waals surface area (Å²) in [5.41, 5.74) is 10.1. The first-order chi connectivity index (χ1) is 11.9. The highest BCUT2D eigenvalue weighted by atomic mass is 16.4. The molecule has 0 aliphatic heterocycles. The van der Waals surface area contributed by atoms with Crippen LogP contribution in [0.3, 0.4) is 0 Å². The number of carboxylic acids is 1. The van der Waals surface area contributed by atoms with Crippen LogP contribution in [0.5, 0.6) is 0 Å². The number of nitrogens with zero attached hydrogens (tertiary/aromatic N) is 1. The smallest absolute Gasteiger partial charge is 0.303 e. The summed E-state index contributed by atoms with van der Waals surface area (Å²) in [5.74, 6) is -0.869. The van der Waals surface area contributed by atoms with E-state index in [4.69, 9.17) is 10.8 Å². The van der Waals surface area contributed by atoms with Crippen LogP contribution in [0.4, 0.5) is 0 Å². The number of aryl methyl sites for hydroxylation is 1. The molecule has 0 heterocycles. The van der Waals surface area contributed by atoms with Gasteiger partial charge in [-0.1, -0.05) is 48.5 Å². The molecule has 132 valence electrons. The van der Waals surface area contributed by atoms with Gasteiger partial charge in [0.1, 0.15) is 0 Å². The van der Waals surface area contributed by atoms with Gasteiger partial charge in [0.2, 0.25) is 5.91 Å². The molecule has 0 aromatic heterocycles. The summed E-state index contributed by atoms with van der Waals surface area (Å²) in [6.07, 6.45) is 1.18. The first-order valence-electron chi connectivity index (χ1n) is 8.23. The van der Waals surface area contributed by atoms with Gasteiger partial charge in [-0.2, -0.15) is 0 Å². The number of rotatable bonds is 7. The number of carboxylic acid groups (broad SMARTS) is 1. The predicted octanol–water partition coefficient (Wildman–Crippen LogP) is 2.33. The Hall–Kier alpha value is -2.66. The van der Waals surface area contributed by atoms with E-state index in [0.29, 0.717) is 12.8 Å². The predicted molar refractivity (Wildman–Crippen MR) is 98.2 cm³/mol. The summed E-state index contributed by atoms with van der Waals surface area (Å²) in [6, 6.07) is 15.3. The van der Waals surface area contributed by atoms with Crippen molar-refractivity contribution < 1.29 is 14.7 Å². The van der Waals surface area contributed by atoms with Crippen LogP contribution in [0.2, 0.25) is 0 Å². The highest BCUT2D eigenvalue weighted by molar-refractivity contribution is 5.81. The third-order valence-electron chi connectivity index (χ3n) is 4.08. The molecule has 2 aromatic rings. The van der Waals surface area contributed by atoms with Gasteiger partial charge in [0.05, 0.1) is 6.04 Å². The number of carbonyl (C=O) groups excluding carboxylic acids is 1. The van der Waals surface area contributed by atoms with E-state index >= 15 is 0 Å². The number of benzene rings is 2. The Morgan fingerprint density at radius 1 is 0.960 bits per heavy atom. The number of hydrogen-bond donors (Lipinski definition) is 2. The van der Waals surface area contributed by atoms with Crippen LogP contribution in [-0.2, 0) is 22.4 Å². The van der Waals surface area contributed by atoms with Crippen LogP contribution in [0, 0.1) is 0 Å². The minimum absolute atomic E-state index is 0.0824. The summed E-state index contributed by atoms with van der Waals surface area (Å²) in [4.78, 5) is 23.9. The summed E-state index contributed by atoms with van der Waals surface area (Å²) in [7, 11) is 3.40. The lowest BCUT2D eigenvalue weighted by Crippen LogP contribution is -2.41. The van der Waals surface area contributed by atoms with Crippen molar-refractivity contribution in [1.29, 1.82) is 0 Å². The number of hydrogen-bond acceptors (Lipinski definition) is 3. The van der Waals surface area contributed by atoms with Crippen molar-refractivity contribution in [3.63, 3.8) is 0 Å². The maximum absolute atomic E-state index is 11.8. The number of amides is 1. The third kappa shape index (κ3) is 5.43. The molecule has 3 N–H and O–H groups in total. The standard InChI is InChI=1S/C20H24N2O3/c1-22(2)20(25)18(21)13-15-5-10-17(11-6-15)16-8-3-14(4-9-16)7-12-19(23)24/h3-6,8-11,18H,7,12-13,21H2,1-2H3,(H,23,24). The van der Waals surface area contributed by atoms with E-state index in [9.17, 15) is 9.59 Å². The molecular formula is C20H24N2O3. The molecule has 0 saturated carbocycles. The Kier molecular flexibility index (Phi) is 6.31. The van der Waals surface area contributed by atoms with Crippen molar-refractivity contribution in [1.82, 2.24) is 4.90 Å². The number of nitrogens with two attached hydrogens (primary N) is 1. The molecule has 0 radical (unpaired) electrons. The highest BCUT2D eigenvalue weighted by Gasteiger charge is 2.15. The lowest BCUT2D eigenvalue weighted by Gasteiger charge is -2.16. The van der Waals surface area contributed by atoms with E-state index < -0.39 is 12.0 Å². The minimum atomic E-state index is -0.786. The second kappa shape index (κ2) is 8.44. The quantitative estimate of drug-likeness (QED) is 0.810. The Morgan fingerprint density at radius 3 is 1.88 bits per heavy atom. The molecule has 0 saturated heterocycles. The monoisotopic (exact) mass is 340 g/mol. The first kappa shape index (κ1) is 18.7. The van der Waals surface area contributed by atoms with E-state index in [-0.39, 0.29) is 12.3 Å². The Labute approximate surface area is 148 Å². The van der Waals surface area contributed by atoms with Gasteiger partial charge in [-0.05, 0) is 35.1 Å². The molecule has 2 aromatic carbocycles. The molecule has 1 amide bonds. The van der Waals surface area contributed by atoms with Gasteiger partial charge in [0, 0.05) is 20.5 Å². The van der Waals surface area contributed by atoms with Crippen LogP contribution in [0.1, 0.15) is 17.5 Å². The fourth-order valence-corrected chi connectivity index (χ4v) is 2.62. The van der Waals surface area contributed by atoms with Crippen LogP contribution in [-0.4, -0.2) is 42.0 Å². The van der Waals surface area contributed by atoms with Crippen LogP contribution in [0.15, 0.2) is 48.5 Å². The zero-order valence-electron chi connectivity index (χ0n) is 14.6. The second-order valence-electron chi connectivity index (χ2n) is 6.33. The lowest BCUT2D eigenvalue weighted by atomic mass is 9.99. The molecule has 2 rings (SSSR count). The highest BCUT2D eigenvalue weighted by Crippen LogP contribution is 2.21. The van der Waals surface area contributed by atoms with Crippen molar-refractivity contribution in [3.05, 3.63) is 59.7 Å². The molecule has 0 fully saturated rings. The lowest BCUT2D eigenvalue weighted by molar-refractivity contribution is -0.137. The molecule has 5 heteroatoms. The SMILES string of the molecule is CN(C)C(=O)C(N)Cc1ccc(-c2ccc(CCC(=O)O)cc2)cc1. The Bertz CT molecular complexity index is 722. The van der Waals surface area contributed by atoms with Gasteiger partial charge in [0.15, 0.2) is 0 Å². The van der Waals surface area contributed by atoms with E-state index in [1.54, 1.807) is 14.1 Å². The fraction of sp³-hybridized carbons (Fsp3) is 0.300. The van der Waals surface area contributed by atoms with E-state index in [1.807, 2.05) is 48.5 Å². The molecule has 5 nitrogen and oxygen atoms in total. The first-order valence-corrected chi connectivity index (χ1v) is 8.23. The van der Waals surface area contributed by atoms with Crippen molar-refractivity contribution in [3.8, 4) is 11.1 Å². The van der Waals surface area contributed by atoms with Crippen LogP contribution < -0.4 is 5.73 Å². The fourth-order valence-electron chi connectivity index (χ4n) is 2.62. The average Bonchev–Trinajstić information content (AvgIpc) is 2.60. The Morgan fingerprint density at radius 2 is 1.44 bits per heavy atom. The molecule has 0 spiro atoms. The van der Waals surface area contributed by atoms with Gasteiger partial charge in [0.25, 0.3) is 0 Å². The van der Waals surface area contributed by atoms with Crippen molar-refractivity contribution in [2.75, 3.05) is 14.1 Å². The van der Waals surface area contributed by atoms with Crippen LogP contribution >= 0.6 is 0 Å². The maximum Gasteiger partial charge on any atom is 0.303 e. The van der Waals surface area contributed by atoms with Gasteiger partial charge < -0.3 is 15.7 Å². The molecule has 0 aliphatic rings. The van der Waals surface area contributed by atoms with Crippen molar-refractivity contribution in [2.45, 2.75) is 25.3 Å². The van der Waals surface area contributed by atoms with Crippen molar-refractivity contribution >= 4 is 11.9 Å². The zero-order valence-corrected chi connectivity index (χ0v) is 14.6. The van der Waals surface area contributed by atoms with Gasteiger partial charge in [-0.3, -0.25) is 9.59 Å². The Balaban J connectivity index is 2.02.